The molecule has 18 heavy (non-hydrogen) atoms. The van der Waals surface area contributed by atoms with Crippen molar-refractivity contribution in [2.24, 2.45) is 0 Å². The zero-order valence-corrected chi connectivity index (χ0v) is 12.6. The third-order valence-electron chi connectivity index (χ3n) is 1.86. The van der Waals surface area contributed by atoms with Gasteiger partial charge in [0.1, 0.15) is 0 Å². The molecule has 0 unspecified atom stereocenters. The van der Waals surface area contributed by atoms with Crippen LogP contribution in [-0.4, -0.2) is 10.9 Å². The Morgan fingerprint density at radius 2 is 1.83 bits per heavy atom. The number of carbonyl (C=O) groups excluding carboxylic acids is 1. The maximum absolute atomic E-state index is 11.1. The fourth-order valence-corrected chi connectivity index (χ4v) is 2.02. The van der Waals surface area contributed by atoms with E-state index >= 15 is 0 Å². The minimum absolute atomic E-state index is 0.00376. The van der Waals surface area contributed by atoms with Gasteiger partial charge in [-0.2, -0.15) is 0 Å². The summed E-state index contributed by atoms with van der Waals surface area (Å²) in [4.78, 5) is 15.4. The molecule has 0 aliphatic carbocycles. The number of thiazole rings is 1. The molecule has 4 heteroatoms. The van der Waals surface area contributed by atoms with Crippen LogP contribution in [0.2, 0.25) is 0 Å². The summed E-state index contributed by atoms with van der Waals surface area (Å²) in [6.45, 7) is 9.82. The normalized spacial score (nSPS) is 8.72. The first-order valence-corrected chi connectivity index (χ1v) is 7.26. The number of para-hydroxylation sites is 1. The van der Waals surface area contributed by atoms with Gasteiger partial charge in [0.05, 0.1) is 10.2 Å². The molecule has 3 nitrogen and oxygen atoms in total. The van der Waals surface area contributed by atoms with Crippen LogP contribution in [0.1, 0.15) is 41.0 Å². The third kappa shape index (κ3) is 4.84. The van der Waals surface area contributed by atoms with Gasteiger partial charge in [-0.05, 0) is 12.1 Å². The smallest absolute Gasteiger partial charge is 0.225 e. The number of benzene rings is 1. The third-order valence-corrected chi connectivity index (χ3v) is 2.81. The maximum atomic E-state index is 11.1. The molecule has 1 aromatic carbocycles. The molecule has 2 rings (SSSR count). The molecule has 0 aliphatic heterocycles. The first-order chi connectivity index (χ1) is 8.79. The lowest BCUT2D eigenvalue weighted by atomic mass is 10.3. The van der Waals surface area contributed by atoms with E-state index in [1.54, 1.807) is 0 Å². The Bertz CT molecular complexity index is 433. The van der Waals surface area contributed by atoms with E-state index in [0.717, 1.165) is 10.2 Å². The van der Waals surface area contributed by atoms with E-state index in [1.807, 2.05) is 58.9 Å². The van der Waals surface area contributed by atoms with Crippen LogP contribution in [0.25, 0.3) is 10.2 Å². The molecule has 1 heterocycles. The first-order valence-electron chi connectivity index (χ1n) is 6.45. The number of amides is 1. The monoisotopic (exact) mass is 266 g/mol. The lowest BCUT2D eigenvalue weighted by Crippen LogP contribution is -2.08. The van der Waals surface area contributed by atoms with E-state index in [2.05, 4.69) is 10.3 Å². The summed E-state index contributed by atoms with van der Waals surface area (Å²) < 4.78 is 1.10. The largest absolute Gasteiger partial charge is 0.302 e. The number of nitrogens with one attached hydrogen (secondary N) is 1. The molecule has 0 radical (unpaired) electrons. The van der Waals surface area contributed by atoms with E-state index in [9.17, 15) is 4.79 Å². The quantitative estimate of drug-likeness (QED) is 0.856. The number of carbonyl (C=O) groups is 1. The van der Waals surface area contributed by atoms with Crippen molar-refractivity contribution in [2.75, 3.05) is 5.32 Å². The molecule has 1 aromatic heterocycles. The average molecular weight is 266 g/mol. The lowest BCUT2D eigenvalue weighted by molar-refractivity contribution is -0.115. The van der Waals surface area contributed by atoms with Gasteiger partial charge >= 0.3 is 0 Å². The summed E-state index contributed by atoms with van der Waals surface area (Å²) in [7, 11) is 0. The van der Waals surface area contributed by atoms with Crippen LogP contribution < -0.4 is 5.32 Å². The Morgan fingerprint density at radius 3 is 2.39 bits per heavy atom. The average Bonchev–Trinajstić information content (AvgIpc) is 2.85. The molecule has 0 aliphatic rings. The van der Waals surface area contributed by atoms with E-state index in [0.29, 0.717) is 11.6 Å². The highest BCUT2D eigenvalue weighted by Gasteiger charge is 2.04. The van der Waals surface area contributed by atoms with Gasteiger partial charge in [0.25, 0.3) is 0 Å². The number of rotatable bonds is 2. The first kappa shape index (κ1) is 16.6. The van der Waals surface area contributed by atoms with Gasteiger partial charge in [0.15, 0.2) is 5.13 Å². The second-order valence-electron chi connectivity index (χ2n) is 2.89. The van der Waals surface area contributed by atoms with E-state index in [-0.39, 0.29) is 5.91 Å². The molecule has 2 aromatic rings. The zero-order chi connectivity index (χ0) is 14.0. The van der Waals surface area contributed by atoms with Crippen molar-refractivity contribution in [3.8, 4) is 0 Å². The molecule has 100 valence electrons. The Kier molecular flexibility index (Phi) is 8.84. The zero-order valence-electron chi connectivity index (χ0n) is 11.8. The summed E-state index contributed by atoms with van der Waals surface area (Å²) in [5.74, 6) is 0.00376. The predicted octanol–water partition coefficient (Wildman–Crippen LogP) is 4.70. The van der Waals surface area contributed by atoms with E-state index in [1.165, 1.54) is 11.3 Å². The van der Waals surface area contributed by atoms with Crippen LogP contribution in [-0.2, 0) is 4.79 Å². The highest BCUT2D eigenvalue weighted by molar-refractivity contribution is 7.22. The van der Waals surface area contributed by atoms with Crippen LogP contribution >= 0.6 is 11.3 Å². The molecule has 0 saturated carbocycles. The van der Waals surface area contributed by atoms with Gasteiger partial charge in [0.2, 0.25) is 5.91 Å². The van der Waals surface area contributed by atoms with E-state index < -0.39 is 0 Å². The molecule has 1 N–H and O–H groups in total. The highest BCUT2D eigenvalue weighted by Crippen LogP contribution is 2.25. The van der Waals surface area contributed by atoms with Crippen LogP contribution in [0, 0.1) is 0 Å². The van der Waals surface area contributed by atoms with Gasteiger partial charge in [-0.3, -0.25) is 4.79 Å². The molecule has 0 saturated heterocycles. The second kappa shape index (κ2) is 9.59. The molecule has 0 fully saturated rings. The fraction of sp³-hybridized carbons (Fsp3) is 0.429. The maximum Gasteiger partial charge on any atom is 0.225 e. The van der Waals surface area contributed by atoms with Crippen LogP contribution in [0.15, 0.2) is 24.3 Å². The van der Waals surface area contributed by atoms with Gasteiger partial charge < -0.3 is 5.32 Å². The van der Waals surface area contributed by atoms with Crippen molar-refractivity contribution in [1.29, 1.82) is 0 Å². The number of fused-ring (bicyclic) bond motifs is 1. The predicted molar refractivity (Wildman–Crippen MR) is 81.2 cm³/mol. The van der Waals surface area contributed by atoms with Crippen molar-refractivity contribution >= 4 is 32.6 Å². The topological polar surface area (TPSA) is 42.0 Å². The number of anilines is 1. The van der Waals surface area contributed by atoms with Crippen LogP contribution in [0.4, 0.5) is 5.13 Å². The van der Waals surface area contributed by atoms with Crippen molar-refractivity contribution < 1.29 is 4.79 Å². The summed E-state index contributed by atoms with van der Waals surface area (Å²) in [5, 5.41) is 3.43. The summed E-state index contributed by atoms with van der Waals surface area (Å²) in [6.07, 6.45) is 0.482. The Balaban J connectivity index is 0.000000659. The number of aromatic nitrogens is 1. The number of hydrogen-bond acceptors (Lipinski definition) is 3. The van der Waals surface area contributed by atoms with Gasteiger partial charge in [0, 0.05) is 6.42 Å². The van der Waals surface area contributed by atoms with Gasteiger partial charge in [-0.25, -0.2) is 4.98 Å². The Labute approximate surface area is 113 Å². The fourth-order valence-electron chi connectivity index (χ4n) is 1.13. The molecule has 0 spiro atoms. The minimum Gasteiger partial charge on any atom is -0.302 e. The van der Waals surface area contributed by atoms with Crippen molar-refractivity contribution in [1.82, 2.24) is 4.98 Å². The summed E-state index contributed by atoms with van der Waals surface area (Å²) >= 11 is 1.50. The van der Waals surface area contributed by atoms with Gasteiger partial charge in [-0.15, -0.1) is 0 Å². The summed E-state index contributed by atoms with van der Waals surface area (Å²) in [5.41, 5.74) is 0.934. The summed E-state index contributed by atoms with van der Waals surface area (Å²) in [6, 6.07) is 7.83. The van der Waals surface area contributed by atoms with Crippen molar-refractivity contribution in [3.63, 3.8) is 0 Å². The van der Waals surface area contributed by atoms with Gasteiger partial charge in [-0.1, -0.05) is 58.1 Å². The van der Waals surface area contributed by atoms with Crippen LogP contribution in [0.5, 0.6) is 0 Å². The second-order valence-corrected chi connectivity index (χ2v) is 3.92. The Morgan fingerprint density at radius 1 is 1.22 bits per heavy atom. The molecular weight excluding hydrogens is 244 g/mol. The van der Waals surface area contributed by atoms with E-state index in [4.69, 9.17) is 0 Å². The lowest BCUT2D eigenvalue weighted by Gasteiger charge is -1.95. The highest BCUT2D eigenvalue weighted by atomic mass is 32.1. The SMILES string of the molecule is CC.CC.CCC(=O)Nc1nc2ccccc2s1. The molecule has 0 atom stereocenters. The molecule has 0 bridgehead atoms. The van der Waals surface area contributed by atoms with Crippen molar-refractivity contribution in [3.05, 3.63) is 24.3 Å². The number of hydrogen-bond donors (Lipinski definition) is 1. The van der Waals surface area contributed by atoms with Crippen molar-refractivity contribution in [2.45, 2.75) is 41.0 Å². The minimum atomic E-state index is 0.00376. The standard InChI is InChI=1S/C10H10N2OS.2C2H6/c1-2-9(13)12-10-11-7-5-3-4-6-8(7)14-10;2*1-2/h3-6H,2H2,1H3,(H,11,12,13);2*1-2H3. The number of nitrogens with zero attached hydrogens (tertiary/aromatic N) is 1. The molecule has 1 amide bonds. The molecular formula is C14H22N2OS. The Hall–Kier alpha value is -1.42. The van der Waals surface area contributed by atoms with Crippen LogP contribution in [0.3, 0.4) is 0 Å².